The van der Waals surface area contributed by atoms with E-state index in [-0.39, 0.29) is 35.9 Å². The van der Waals surface area contributed by atoms with E-state index in [0.717, 1.165) is 18.4 Å². The average molecular weight is 257 g/mol. The minimum atomic E-state index is -0.213. The molecular weight excluding hydrogens is 242 g/mol. The lowest BCUT2D eigenvalue weighted by Gasteiger charge is -2.17. The van der Waals surface area contributed by atoms with Crippen LogP contribution in [0.2, 0.25) is 0 Å². The highest BCUT2D eigenvalue weighted by molar-refractivity contribution is 6.06. The average Bonchev–Trinajstić information content (AvgIpc) is 3.10. The molecule has 2 bridgehead atoms. The Labute approximate surface area is 111 Å². The number of imide groups is 1. The van der Waals surface area contributed by atoms with Crippen molar-refractivity contribution >= 4 is 11.8 Å². The van der Waals surface area contributed by atoms with E-state index in [1.807, 2.05) is 30.3 Å². The Bertz CT molecular complexity index is 514. The summed E-state index contributed by atoms with van der Waals surface area (Å²) in [5, 5.41) is 0. The molecule has 0 N–H and O–H groups in total. The number of carbonyl (C=O) groups is 2. The Balaban J connectivity index is 1.61. The van der Waals surface area contributed by atoms with Crippen LogP contribution in [0.1, 0.15) is 18.4 Å². The van der Waals surface area contributed by atoms with E-state index in [1.54, 1.807) is 0 Å². The molecule has 2 amide bonds. The second-order valence-electron chi connectivity index (χ2n) is 5.59. The fourth-order valence-corrected chi connectivity index (χ4v) is 3.70. The Morgan fingerprint density at radius 1 is 1.00 bits per heavy atom. The van der Waals surface area contributed by atoms with Gasteiger partial charge in [0.15, 0.2) is 0 Å². The quantitative estimate of drug-likeness (QED) is 0.751. The maximum absolute atomic E-state index is 12.4. The van der Waals surface area contributed by atoms with E-state index in [9.17, 15) is 9.59 Å². The van der Waals surface area contributed by atoms with Crippen LogP contribution in [0.5, 0.6) is 0 Å². The smallest absolute Gasteiger partial charge is 0.236 e. The molecule has 4 rings (SSSR count). The molecule has 1 aromatic carbocycles. The van der Waals surface area contributed by atoms with Crippen molar-refractivity contribution in [3.05, 3.63) is 35.9 Å². The Kier molecular flexibility index (Phi) is 2.30. The lowest BCUT2D eigenvalue weighted by atomic mass is 9.81. The molecular formula is C15H15NO3. The third-order valence-corrected chi connectivity index (χ3v) is 4.56. The van der Waals surface area contributed by atoms with Crippen molar-refractivity contribution in [2.24, 2.45) is 11.8 Å². The first-order valence-electron chi connectivity index (χ1n) is 6.80. The van der Waals surface area contributed by atoms with Gasteiger partial charge < -0.3 is 4.74 Å². The molecule has 1 aromatic rings. The number of nitrogens with zero attached hydrogens (tertiary/aromatic N) is 1. The van der Waals surface area contributed by atoms with Gasteiger partial charge in [0.25, 0.3) is 0 Å². The summed E-state index contributed by atoms with van der Waals surface area (Å²) in [5.41, 5.74) is 0.998. The molecule has 0 saturated carbocycles. The van der Waals surface area contributed by atoms with E-state index < -0.39 is 0 Å². The van der Waals surface area contributed by atoms with Gasteiger partial charge in [0.1, 0.15) is 0 Å². The van der Waals surface area contributed by atoms with Crippen LogP contribution in [0.3, 0.4) is 0 Å². The molecule has 2 unspecified atom stereocenters. The molecule has 0 aliphatic carbocycles. The van der Waals surface area contributed by atoms with Crippen molar-refractivity contribution in [2.45, 2.75) is 31.6 Å². The summed E-state index contributed by atoms with van der Waals surface area (Å²) in [6.07, 6.45) is 1.80. The Hall–Kier alpha value is -1.68. The van der Waals surface area contributed by atoms with Gasteiger partial charge >= 0.3 is 0 Å². The zero-order chi connectivity index (χ0) is 13.0. The summed E-state index contributed by atoms with van der Waals surface area (Å²) in [6, 6.07) is 9.67. The minimum Gasteiger partial charge on any atom is -0.373 e. The molecule has 3 fully saturated rings. The first-order chi connectivity index (χ1) is 9.25. The number of hydrogen-bond donors (Lipinski definition) is 0. The summed E-state index contributed by atoms with van der Waals surface area (Å²) < 4.78 is 5.71. The van der Waals surface area contributed by atoms with Gasteiger partial charge in [0.2, 0.25) is 11.8 Å². The molecule has 3 heterocycles. The van der Waals surface area contributed by atoms with Crippen LogP contribution in [0.15, 0.2) is 30.3 Å². The second kappa shape index (κ2) is 3.90. The summed E-state index contributed by atoms with van der Waals surface area (Å²) >= 11 is 0. The van der Waals surface area contributed by atoms with Crippen molar-refractivity contribution in [3.8, 4) is 0 Å². The number of hydrogen-bond acceptors (Lipinski definition) is 3. The van der Waals surface area contributed by atoms with Crippen LogP contribution in [0, 0.1) is 11.8 Å². The fourth-order valence-electron chi connectivity index (χ4n) is 3.70. The molecule has 0 radical (unpaired) electrons. The van der Waals surface area contributed by atoms with Gasteiger partial charge in [0, 0.05) is 0 Å². The van der Waals surface area contributed by atoms with Gasteiger partial charge in [-0.2, -0.15) is 0 Å². The monoisotopic (exact) mass is 257 g/mol. The van der Waals surface area contributed by atoms with Gasteiger partial charge in [-0.3, -0.25) is 14.5 Å². The van der Waals surface area contributed by atoms with Crippen molar-refractivity contribution in [3.63, 3.8) is 0 Å². The second-order valence-corrected chi connectivity index (χ2v) is 5.59. The summed E-state index contributed by atoms with van der Waals surface area (Å²) in [6.45, 7) is 0.394. The highest BCUT2D eigenvalue weighted by Gasteiger charge is 2.62. The lowest BCUT2D eigenvalue weighted by molar-refractivity contribution is -0.143. The topological polar surface area (TPSA) is 46.6 Å². The van der Waals surface area contributed by atoms with Gasteiger partial charge in [-0.25, -0.2) is 0 Å². The maximum Gasteiger partial charge on any atom is 0.236 e. The molecule has 98 valence electrons. The third kappa shape index (κ3) is 1.49. The molecule has 0 aromatic heterocycles. The van der Waals surface area contributed by atoms with E-state index >= 15 is 0 Å². The molecule has 19 heavy (non-hydrogen) atoms. The summed E-state index contributed by atoms with van der Waals surface area (Å²) in [4.78, 5) is 26.3. The van der Waals surface area contributed by atoms with Gasteiger partial charge in [-0.15, -0.1) is 0 Å². The summed E-state index contributed by atoms with van der Waals surface area (Å²) in [5.74, 6) is -0.498. The van der Waals surface area contributed by atoms with Crippen molar-refractivity contribution in [2.75, 3.05) is 0 Å². The van der Waals surface area contributed by atoms with Crippen LogP contribution < -0.4 is 0 Å². The highest BCUT2D eigenvalue weighted by Crippen LogP contribution is 2.48. The highest BCUT2D eigenvalue weighted by atomic mass is 16.5. The van der Waals surface area contributed by atoms with E-state index in [1.165, 1.54) is 4.90 Å². The predicted octanol–water partition coefficient (Wildman–Crippen LogP) is 1.35. The zero-order valence-corrected chi connectivity index (χ0v) is 10.5. The van der Waals surface area contributed by atoms with Crippen LogP contribution in [-0.4, -0.2) is 28.9 Å². The SMILES string of the molecule is O=C1[C@@H]2C3CCC(O3)[C@@H]2C(=O)N1Cc1ccccc1. The number of amides is 2. The third-order valence-electron chi connectivity index (χ3n) is 4.56. The van der Waals surface area contributed by atoms with E-state index in [4.69, 9.17) is 4.74 Å². The Morgan fingerprint density at radius 3 is 2.16 bits per heavy atom. The predicted molar refractivity (Wildman–Crippen MR) is 66.9 cm³/mol. The first-order valence-corrected chi connectivity index (χ1v) is 6.80. The number of rotatable bonds is 2. The van der Waals surface area contributed by atoms with Gasteiger partial charge in [-0.05, 0) is 18.4 Å². The lowest BCUT2D eigenvalue weighted by Crippen LogP contribution is -2.33. The number of benzene rings is 1. The van der Waals surface area contributed by atoms with Crippen molar-refractivity contribution < 1.29 is 14.3 Å². The summed E-state index contributed by atoms with van der Waals surface area (Å²) in [7, 11) is 0. The van der Waals surface area contributed by atoms with Crippen LogP contribution in [0.25, 0.3) is 0 Å². The normalized spacial score (nSPS) is 36.1. The number of ether oxygens (including phenoxy) is 1. The number of fused-ring (bicyclic) bond motifs is 5. The minimum absolute atomic E-state index is 0.0211. The molecule has 0 spiro atoms. The van der Waals surface area contributed by atoms with Crippen LogP contribution in [0.4, 0.5) is 0 Å². The van der Waals surface area contributed by atoms with Crippen molar-refractivity contribution in [1.82, 2.24) is 4.90 Å². The van der Waals surface area contributed by atoms with Gasteiger partial charge in [0.05, 0.1) is 30.6 Å². The molecule has 3 saturated heterocycles. The molecule has 3 aliphatic heterocycles. The fraction of sp³-hybridized carbons (Fsp3) is 0.467. The molecule has 4 atom stereocenters. The first kappa shape index (κ1) is 11.2. The largest absolute Gasteiger partial charge is 0.373 e. The number of carbonyl (C=O) groups excluding carboxylic acids is 2. The number of likely N-dealkylation sites (tertiary alicyclic amines) is 1. The zero-order valence-electron chi connectivity index (χ0n) is 10.5. The van der Waals surface area contributed by atoms with E-state index in [0.29, 0.717) is 6.54 Å². The molecule has 4 heteroatoms. The van der Waals surface area contributed by atoms with E-state index in [2.05, 4.69) is 0 Å². The molecule has 4 nitrogen and oxygen atoms in total. The van der Waals surface area contributed by atoms with Crippen molar-refractivity contribution in [1.29, 1.82) is 0 Å². The standard InChI is InChI=1S/C15H15NO3/c17-14-12-10-6-7-11(19-10)13(12)15(18)16(14)8-9-4-2-1-3-5-9/h1-5,10-13H,6-8H2/t10?,11?,12-,13+. The van der Waals surface area contributed by atoms with Crippen LogP contribution >= 0.6 is 0 Å². The maximum atomic E-state index is 12.4. The molecule has 3 aliphatic rings. The van der Waals surface area contributed by atoms with Gasteiger partial charge in [-0.1, -0.05) is 30.3 Å². The van der Waals surface area contributed by atoms with Crippen LogP contribution in [-0.2, 0) is 20.9 Å². The Morgan fingerprint density at radius 2 is 1.58 bits per heavy atom.